The Bertz CT molecular complexity index is 874. The largest absolute Gasteiger partial charge is 0.389 e. The molecule has 7 nitrogen and oxygen atoms in total. The fourth-order valence-corrected chi connectivity index (χ4v) is 9.55. The first-order valence-corrected chi connectivity index (χ1v) is 11.6. The Hall–Kier alpha value is -1.12. The van der Waals surface area contributed by atoms with Crippen LogP contribution in [-0.4, -0.2) is 86.4 Å². The van der Waals surface area contributed by atoms with Crippen LogP contribution in [0.25, 0.3) is 0 Å². The molecule has 0 aromatic carbocycles. The van der Waals surface area contributed by atoms with Crippen molar-refractivity contribution in [1.29, 1.82) is 0 Å². The van der Waals surface area contributed by atoms with Crippen molar-refractivity contribution in [3.05, 3.63) is 12.2 Å². The van der Waals surface area contributed by atoms with Gasteiger partial charge in [-0.15, -0.1) is 0 Å². The highest BCUT2D eigenvalue weighted by Crippen LogP contribution is 2.78. The van der Waals surface area contributed by atoms with Crippen LogP contribution < -0.4 is 0 Å². The number of carbonyl (C=O) groups excluding carboxylic acids is 2. The number of fused-ring (bicyclic) bond motifs is 1. The molecule has 6 aliphatic rings. The van der Waals surface area contributed by atoms with Gasteiger partial charge in [0.05, 0.1) is 23.7 Å². The van der Waals surface area contributed by atoms with E-state index >= 15 is 0 Å². The quantitative estimate of drug-likeness (QED) is 0.686. The molecule has 1 spiro atoms. The number of carbonyl (C=O) groups is 2. The number of Topliss-reactive ketones (excluding diaryl/α,β-unsaturated/α-hetero) is 1. The summed E-state index contributed by atoms with van der Waals surface area (Å²) in [6.07, 6.45) is 4.16. The summed E-state index contributed by atoms with van der Waals surface area (Å²) in [5.74, 6) is -0.0911. The molecule has 5 fully saturated rings. The van der Waals surface area contributed by atoms with E-state index in [1.54, 1.807) is 27.4 Å². The molecule has 4 saturated carbocycles. The molecule has 170 valence electrons. The summed E-state index contributed by atoms with van der Waals surface area (Å²) >= 11 is 0. The monoisotopic (exact) mass is 431 g/mol. The number of allylic oxidation sites excluding steroid dienone is 1. The van der Waals surface area contributed by atoms with Gasteiger partial charge in [0.2, 0.25) is 0 Å². The number of piperidine rings is 1. The Labute approximate surface area is 183 Å². The van der Waals surface area contributed by atoms with E-state index in [4.69, 9.17) is 14.2 Å². The van der Waals surface area contributed by atoms with Crippen molar-refractivity contribution in [3.63, 3.8) is 0 Å². The van der Waals surface area contributed by atoms with Crippen LogP contribution >= 0.6 is 0 Å². The van der Waals surface area contributed by atoms with Crippen LogP contribution in [0.4, 0.5) is 0 Å². The summed E-state index contributed by atoms with van der Waals surface area (Å²) in [5.41, 5.74) is -2.01. The highest BCUT2D eigenvalue weighted by molar-refractivity contribution is 5.98. The lowest BCUT2D eigenvalue weighted by atomic mass is 9.36. The minimum Gasteiger partial charge on any atom is -0.389 e. The maximum atomic E-state index is 13.5. The van der Waals surface area contributed by atoms with Crippen LogP contribution in [0.2, 0.25) is 0 Å². The standard InChI is InChI=1S/C24H33NO6/c1-5-25-10-22(11-29-2)15(26)6-7-23-13-8-12-16(13)24(28,9-14(30-3)18(12)27)17(21(23)25)19(31-4)20(22)23/h6-7,12-14,16-17,19-21,28H,5,8-11H2,1-4H3/t12-,13+,14+,16-,17-,19-,20+,21+,22-,23+,24+/m0/s1. The molecule has 1 saturated heterocycles. The maximum Gasteiger partial charge on any atom is 0.165 e. The Morgan fingerprint density at radius 3 is 2.61 bits per heavy atom. The summed E-state index contributed by atoms with van der Waals surface area (Å²) in [6, 6.07) is 0.0830. The van der Waals surface area contributed by atoms with Gasteiger partial charge < -0.3 is 19.3 Å². The second-order valence-electron chi connectivity index (χ2n) is 10.8. The van der Waals surface area contributed by atoms with Crippen LogP contribution in [0, 0.1) is 40.4 Å². The molecule has 0 radical (unpaired) electrons. The van der Waals surface area contributed by atoms with Gasteiger partial charge in [0.1, 0.15) is 6.10 Å². The van der Waals surface area contributed by atoms with Crippen LogP contribution in [0.1, 0.15) is 19.8 Å². The summed E-state index contributed by atoms with van der Waals surface area (Å²) < 4.78 is 17.4. The third-order valence-corrected chi connectivity index (χ3v) is 10.3. The molecule has 7 heteroatoms. The van der Waals surface area contributed by atoms with Gasteiger partial charge in [0.25, 0.3) is 0 Å². The van der Waals surface area contributed by atoms with Gasteiger partial charge in [-0.05, 0) is 25.0 Å². The van der Waals surface area contributed by atoms with Crippen molar-refractivity contribution in [2.24, 2.45) is 40.4 Å². The van der Waals surface area contributed by atoms with Gasteiger partial charge in [-0.2, -0.15) is 0 Å². The Balaban J connectivity index is 1.60. The average molecular weight is 432 g/mol. The van der Waals surface area contributed by atoms with Crippen LogP contribution in [0.5, 0.6) is 0 Å². The van der Waals surface area contributed by atoms with Crippen molar-refractivity contribution < 1.29 is 28.9 Å². The average Bonchev–Trinajstić information content (AvgIpc) is 2.91. The van der Waals surface area contributed by atoms with Crippen molar-refractivity contribution in [1.82, 2.24) is 4.90 Å². The minimum atomic E-state index is -1.04. The molecular weight excluding hydrogens is 398 g/mol. The first-order chi connectivity index (χ1) is 14.9. The van der Waals surface area contributed by atoms with Crippen molar-refractivity contribution in [2.75, 3.05) is 41.0 Å². The van der Waals surface area contributed by atoms with Gasteiger partial charge in [-0.25, -0.2) is 0 Å². The van der Waals surface area contributed by atoms with Crippen LogP contribution in [0.3, 0.4) is 0 Å². The number of likely N-dealkylation sites (tertiary alicyclic amines) is 1. The molecule has 1 N–H and O–H groups in total. The third-order valence-electron chi connectivity index (χ3n) is 10.3. The topological polar surface area (TPSA) is 85.3 Å². The van der Waals surface area contributed by atoms with Gasteiger partial charge in [-0.1, -0.05) is 13.0 Å². The molecule has 1 heterocycles. The summed E-state index contributed by atoms with van der Waals surface area (Å²) in [7, 11) is 4.93. The highest BCUT2D eigenvalue weighted by Gasteiger charge is 2.85. The second kappa shape index (κ2) is 6.26. The SMILES string of the molecule is CCN1C[C@]2(COC)C(=O)C=C[C@@]34[C@@H]5C[C@@H]6C(=O)[C@H](OC)C[C@@](O)([C@@H]65)[C@@H]([C@H](OC)[C@H]23)[C@@H]14. The van der Waals surface area contributed by atoms with E-state index in [2.05, 4.69) is 17.9 Å². The number of ketones is 2. The Morgan fingerprint density at radius 2 is 1.97 bits per heavy atom. The summed E-state index contributed by atoms with van der Waals surface area (Å²) in [4.78, 5) is 29.0. The molecule has 0 aromatic heterocycles. The van der Waals surface area contributed by atoms with Gasteiger partial charge in [0, 0.05) is 69.4 Å². The number of rotatable bonds is 5. The van der Waals surface area contributed by atoms with Gasteiger partial charge in [0.15, 0.2) is 11.6 Å². The van der Waals surface area contributed by atoms with Gasteiger partial charge >= 0.3 is 0 Å². The molecule has 5 aliphatic carbocycles. The van der Waals surface area contributed by atoms with E-state index in [9.17, 15) is 14.7 Å². The van der Waals surface area contributed by atoms with Crippen molar-refractivity contribution in [3.8, 4) is 0 Å². The summed E-state index contributed by atoms with van der Waals surface area (Å²) in [5, 5.41) is 12.4. The Morgan fingerprint density at radius 1 is 1.19 bits per heavy atom. The maximum absolute atomic E-state index is 13.5. The van der Waals surface area contributed by atoms with Crippen LogP contribution in [-0.2, 0) is 23.8 Å². The zero-order valence-electron chi connectivity index (χ0n) is 18.7. The lowest BCUT2D eigenvalue weighted by Crippen LogP contribution is -2.78. The molecule has 31 heavy (non-hydrogen) atoms. The number of nitrogens with zero attached hydrogens (tertiary/aromatic N) is 1. The predicted molar refractivity (Wildman–Crippen MR) is 110 cm³/mol. The fraction of sp³-hybridized carbons (Fsp3) is 0.833. The first kappa shape index (κ1) is 20.5. The number of aliphatic hydroxyl groups is 1. The zero-order chi connectivity index (χ0) is 21.9. The minimum absolute atomic E-state index is 0.0584. The zero-order valence-corrected chi connectivity index (χ0v) is 18.7. The predicted octanol–water partition coefficient (Wildman–Crippen LogP) is 0.694. The van der Waals surface area contributed by atoms with E-state index in [1.807, 2.05) is 0 Å². The molecule has 1 aliphatic heterocycles. The molecule has 5 bridgehead atoms. The third kappa shape index (κ3) is 1.97. The Kier molecular flexibility index (Phi) is 4.14. The molecule has 6 rings (SSSR count). The van der Waals surface area contributed by atoms with E-state index in [-0.39, 0.29) is 58.7 Å². The smallest absolute Gasteiger partial charge is 0.165 e. The second-order valence-corrected chi connectivity index (χ2v) is 10.8. The lowest BCUT2D eigenvalue weighted by molar-refractivity contribution is -0.267. The number of hydrogen-bond donors (Lipinski definition) is 1. The lowest BCUT2D eigenvalue weighted by Gasteiger charge is -2.71. The molecule has 0 unspecified atom stereocenters. The number of hydrogen-bond acceptors (Lipinski definition) is 7. The van der Waals surface area contributed by atoms with Crippen molar-refractivity contribution >= 4 is 11.6 Å². The number of methoxy groups -OCH3 is 3. The van der Waals surface area contributed by atoms with Crippen molar-refractivity contribution in [2.45, 2.75) is 43.6 Å². The van der Waals surface area contributed by atoms with Gasteiger partial charge in [-0.3, -0.25) is 14.5 Å². The van der Waals surface area contributed by atoms with E-state index in [0.717, 1.165) is 13.0 Å². The highest BCUT2D eigenvalue weighted by atomic mass is 16.5. The normalized spacial score (nSPS) is 56.4. The van der Waals surface area contributed by atoms with Crippen LogP contribution in [0.15, 0.2) is 12.2 Å². The van der Waals surface area contributed by atoms with E-state index < -0.39 is 17.1 Å². The summed E-state index contributed by atoms with van der Waals surface area (Å²) in [6.45, 7) is 3.89. The molecule has 11 atom stereocenters. The van der Waals surface area contributed by atoms with E-state index in [1.165, 1.54) is 0 Å². The van der Waals surface area contributed by atoms with E-state index in [0.29, 0.717) is 19.6 Å². The number of ether oxygens (including phenoxy) is 3. The molecule has 0 amide bonds. The molecular formula is C24H33NO6. The molecule has 0 aromatic rings. The first-order valence-electron chi connectivity index (χ1n) is 11.6. The fourth-order valence-electron chi connectivity index (χ4n) is 9.55.